The molecule has 10 nitrogen and oxygen atoms in total. The minimum Gasteiger partial charge on any atom is -0.399 e. The molecular formula is C27H33BF2N4O6S. The molecule has 2 fully saturated rings. The Labute approximate surface area is 237 Å². The van der Waals surface area contributed by atoms with Crippen LogP contribution in [0.5, 0.6) is 0 Å². The minimum absolute atomic E-state index is 0.209. The van der Waals surface area contributed by atoms with Crippen molar-refractivity contribution in [3.8, 4) is 0 Å². The van der Waals surface area contributed by atoms with Gasteiger partial charge in [-0.3, -0.25) is 9.52 Å². The highest BCUT2D eigenvalue weighted by atomic mass is 32.2. The second-order valence-electron chi connectivity index (χ2n) is 11.3. The molecule has 41 heavy (non-hydrogen) atoms. The van der Waals surface area contributed by atoms with E-state index in [-0.39, 0.29) is 28.9 Å². The molecule has 220 valence electrons. The fraction of sp³-hybridized carbons (Fsp3) is 0.519. The van der Waals surface area contributed by atoms with Gasteiger partial charge in [-0.1, -0.05) is 6.92 Å². The number of ketones is 1. The van der Waals surface area contributed by atoms with Crippen molar-refractivity contribution in [2.75, 3.05) is 17.1 Å². The van der Waals surface area contributed by atoms with Crippen LogP contribution in [0.1, 0.15) is 82.6 Å². The standard InChI is InChI=1S/C27H33BF2N4O6S/c1-6-15-41(36,37)33-18-11-10-17(29)21(22(18)30)24(35)23-20-16(28-39-26(2,3)27(4,5)40-28)12-13-31-25(20)34(32-23)19-9-7-8-14-38-19/h10-13,19,33H,6-9,14-15H2,1-5H3. The molecule has 14 heteroatoms. The van der Waals surface area contributed by atoms with E-state index >= 15 is 8.78 Å². The predicted molar refractivity (Wildman–Crippen MR) is 150 cm³/mol. The van der Waals surface area contributed by atoms with Gasteiger partial charge in [0.15, 0.2) is 17.7 Å². The van der Waals surface area contributed by atoms with Gasteiger partial charge in [0.2, 0.25) is 15.8 Å². The fourth-order valence-corrected chi connectivity index (χ4v) is 6.11. The lowest BCUT2D eigenvalue weighted by Gasteiger charge is -2.32. The van der Waals surface area contributed by atoms with Crippen molar-refractivity contribution in [1.82, 2.24) is 14.8 Å². The summed E-state index contributed by atoms with van der Waals surface area (Å²) in [5.41, 5.74) is -2.48. The number of nitrogens with zero attached hydrogens (tertiary/aromatic N) is 3. The predicted octanol–water partition coefficient (Wildman–Crippen LogP) is 4.09. The second-order valence-corrected chi connectivity index (χ2v) is 13.2. The summed E-state index contributed by atoms with van der Waals surface area (Å²) in [7, 11) is -4.84. The van der Waals surface area contributed by atoms with E-state index in [2.05, 4.69) is 14.8 Å². The highest BCUT2D eigenvalue weighted by Gasteiger charge is 2.52. The smallest absolute Gasteiger partial charge is 0.399 e. The van der Waals surface area contributed by atoms with Crippen LogP contribution in [0.2, 0.25) is 0 Å². The molecule has 2 aliphatic heterocycles. The number of pyridine rings is 1. The van der Waals surface area contributed by atoms with E-state index in [4.69, 9.17) is 14.0 Å². The van der Waals surface area contributed by atoms with Gasteiger partial charge in [-0.2, -0.15) is 5.10 Å². The van der Waals surface area contributed by atoms with Crippen LogP contribution in [0.15, 0.2) is 24.4 Å². The van der Waals surface area contributed by atoms with Gasteiger partial charge in [0.05, 0.1) is 33.6 Å². The third-order valence-corrected chi connectivity index (χ3v) is 9.31. The number of sulfonamides is 1. The number of nitrogens with one attached hydrogen (secondary N) is 1. The lowest BCUT2D eigenvalue weighted by molar-refractivity contribution is -0.0371. The largest absolute Gasteiger partial charge is 0.495 e. The molecule has 2 saturated heterocycles. The zero-order valence-corrected chi connectivity index (χ0v) is 24.5. The molecule has 2 aliphatic rings. The number of rotatable bonds is 8. The summed E-state index contributed by atoms with van der Waals surface area (Å²) in [5, 5.41) is 4.72. The Hall–Kier alpha value is -2.94. The normalized spacial score (nSPS) is 20.5. The molecule has 0 amide bonds. The molecule has 0 aliphatic carbocycles. The molecule has 1 aromatic carbocycles. The number of anilines is 1. The number of ether oxygens (including phenoxy) is 1. The number of fused-ring (bicyclic) bond motifs is 1. The van der Waals surface area contributed by atoms with Crippen LogP contribution in [-0.4, -0.2) is 59.6 Å². The Kier molecular flexibility index (Phi) is 7.73. The summed E-state index contributed by atoms with van der Waals surface area (Å²) in [5.74, 6) is -3.86. The first-order valence-electron chi connectivity index (χ1n) is 13.6. The highest BCUT2D eigenvalue weighted by Crippen LogP contribution is 2.38. The number of aromatic nitrogens is 3. The zero-order valence-electron chi connectivity index (χ0n) is 23.7. The van der Waals surface area contributed by atoms with Gasteiger partial charge in [-0.05, 0) is 77.0 Å². The Bertz CT molecular complexity index is 1590. The van der Waals surface area contributed by atoms with Crippen molar-refractivity contribution in [3.63, 3.8) is 0 Å². The number of carbonyl (C=O) groups is 1. The lowest BCUT2D eigenvalue weighted by atomic mass is 9.77. The summed E-state index contributed by atoms with van der Waals surface area (Å²) in [4.78, 5) is 18.4. The molecule has 2 aromatic heterocycles. The number of carbonyl (C=O) groups excluding carboxylic acids is 1. The molecule has 0 saturated carbocycles. The van der Waals surface area contributed by atoms with Gasteiger partial charge < -0.3 is 14.0 Å². The van der Waals surface area contributed by atoms with Crippen LogP contribution in [0.4, 0.5) is 14.5 Å². The Balaban J connectivity index is 1.68. The average molecular weight is 590 g/mol. The first-order valence-corrected chi connectivity index (χ1v) is 15.3. The first-order chi connectivity index (χ1) is 19.3. The summed E-state index contributed by atoms with van der Waals surface area (Å²) >= 11 is 0. The molecule has 3 aromatic rings. The van der Waals surface area contributed by atoms with Crippen molar-refractivity contribution in [2.24, 2.45) is 0 Å². The Morgan fingerprint density at radius 2 is 1.85 bits per heavy atom. The number of benzene rings is 1. The van der Waals surface area contributed by atoms with Crippen molar-refractivity contribution < 1.29 is 36.0 Å². The minimum atomic E-state index is -3.92. The van der Waals surface area contributed by atoms with E-state index in [0.717, 1.165) is 25.0 Å². The summed E-state index contributed by atoms with van der Waals surface area (Å²) < 4.78 is 77.4. The van der Waals surface area contributed by atoms with Crippen molar-refractivity contribution >= 4 is 45.1 Å². The van der Waals surface area contributed by atoms with E-state index in [1.807, 2.05) is 27.7 Å². The first kappa shape index (κ1) is 29.6. The number of halogens is 2. The second kappa shape index (κ2) is 10.7. The van der Waals surface area contributed by atoms with Gasteiger partial charge >= 0.3 is 7.12 Å². The van der Waals surface area contributed by atoms with E-state index < -0.39 is 63.2 Å². The van der Waals surface area contributed by atoms with Gasteiger partial charge in [0.1, 0.15) is 11.5 Å². The monoisotopic (exact) mass is 590 g/mol. The van der Waals surface area contributed by atoms with Crippen LogP contribution in [-0.2, 0) is 24.1 Å². The van der Waals surface area contributed by atoms with Gasteiger partial charge in [0, 0.05) is 12.8 Å². The van der Waals surface area contributed by atoms with Crippen molar-refractivity contribution in [3.05, 3.63) is 47.3 Å². The van der Waals surface area contributed by atoms with Crippen LogP contribution in [0, 0.1) is 11.6 Å². The molecule has 5 rings (SSSR count). The molecular weight excluding hydrogens is 557 g/mol. The summed E-state index contributed by atoms with van der Waals surface area (Å²) in [6.07, 6.45) is 3.59. The van der Waals surface area contributed by atoms with E-state index in [1.54, 1.807) is 13.0 Å². The third kappa shape index (κ3) is 5.38. The quantitative estimate of drug-likeness (QED) is 0.308. The van der Waals surface area contributed by atoms with Gasteiger partial charge in [0.25, 0.3) is 0 Å². The maximum absolute atomic E-state index is 15.7. The van der Waals surface area contributed by atoms with Crippen LogP contribution in [0.25, 0.3) is 11.0 Å². The number of hydrogen-bond donors (Lipinski definition) is 1. The summed E-state index contributed by atoms with van der Waals surface area (Å²) in [6, 6.07) is 3.41. The molecule has 0 radical (unpaired) electrons. The van der Waals surface area contributed by atoms with E-state index in [9.17, 15) is 13.2 Å². The van der Waals surface area contributed by atoms with Gasteiger partial charge in [-0.15, -0.1) is 0 Å². The highest BCUT2D eigenvalue weighted by molar-refractivity contribution is 7.92. The average Bonchev–Trinajstić information content (AvgIpc) is 3.40. The van der Waals surface area contributed by atoms with Crippen molar-refractivity contribution in [2.45, 2.75) is 77.7 Å². The molecule has 0 bridgehead atoms. The molecule has 4 heterocycles. The molecule has 1 N–H and O–H groups in total. The molecule has 1 unspecified atom stereocenters. The van der Waals surface area contributed by atoms with Crippen LogP contribution >= 0.6 is 0 Å². The van der Waals surface area contributed by atoms with Crippen LogP contribution in [0.3, 0.4) is 0 Å². The maximum atomic E-state index is 15.7. The third-order valence-electron chi connectivity index (χ3n) is 7.83. The summed E-state index contributed by atoms with van der Waals surface area (Å²) in [6.45, 7) is 9.66. The number of hydrogen-bond acceptors (Lipinski definition) is 8. The van der Waals surface area contributed by atoms with Crippen molar-refractivity contribution in [1.29, 1.82) is 0 Å². The lowest BCUT2D eigenvalue weighted by Crippen LogP contribution is -2.41. The molecule has 1 atom stereocenters. The Morgan fingerprint density at radius 1 is 1.15 bits per heavy atom. The topological polar surface area (TPSA) is 122 Å². The maximum Gasteiger partial charge on any atom is 0.495 e. The Morgan fingerprint density at radius 3 is 2.49 bits per heavy atom. The molecule has 0 spiro atoms. The zero-order chi connectivity index (χ0) is 29.7. The van der Waals surface area contributed by atoms with Gasteiger partial charge in [-0.25, -0.2) is 26.9 Å². The van der Waals surface area contributed by atoms with E-state index in [0.29, 0.717) is 18.5 Å². The van der Waals surface area contributed by atoms with E-state index in [1.165, 1.54) is 10.9 Å². The fourth-order valence-electron chi connectivity index (χ4n) is 4.97. The van der Waals surface area contributed by atoms with Crippen LogP contribution < -0.4 is 10.2 Å². The SMILES string of the molecule is CCCS(=O)(=O)Nc1ccc(F)c(C(=O)c2nn(C3CCCCO3)c3nccc(B4OC(C)(C)C(C)(C)O4)c23)c1F.